The second kappa shape index (κ2) is 9.74. The van der Waals surface area contributed by atoms with Gasteiger partial charge in [-0.1, -0.05) is 23.7 Å². The lowest BCUT2D eigenvalue weighted by molar-refractivity contribution is -0.133. The van der Waals surface area contributed by atoms with E-state index in [1.807, 2.05) is 48.8 Å². The van der Waals surface area contributed by atoms with Crippen LogP contribution in [0.3, 0.4) is 0 Å². The van der Waals surface area contributed by atoms with Crippen LogP contribution in [0.25, 0.3) is 6.08 Å². The van der Waals surface area contributed by atoms with Crippen LogP contribution in [0.2, 0.25) is 5.02 Å². The van der Waals surface area contributed by atoms with Crippen LogP contribution < -0.4 is 0 Å². The van der Waals surface area contributed by atoms with E-state index in [1.54, 1.807) is 12.2 Å². The molecule has 1 heterocycles. The maximum atomic E-state index is 12.4. The van der Waals surface area contributed by atoms with Gasteiger partial charge >= 0.3 is 0 Å². The summed E-state index contributed by atoms with van der Waals surface area (Å²) in [5.74, 6) is 0.155. The first-order valence-electron chi connectivity index (χ1n) is 9.17. The summed E-state index contributed by atoms with van der Waals surface area (Å²) in [6, 6.07) is 5.75. The van der Waals surface area contributed by atoms with Crippen LogP contribution in [0.15, 0.2) is 24.3 Å². The number of halogens is 1. The molecule has 0 radical (unpaired) electrons. The summed E-state index contributed by atoms with van der Waals surface area (Å²) in [7, 11) is 0. The van der Waals surface area contributed by atoms with Crippen molar-refractivity contribution >= 4 is 29.5 Å². The summed E-state index contributed by atoms with van der Waals surface area (Å²) in [6.07, 6.45) is 3.39. The Morgan fingerprint density at radius 3 is 2.38 bits per heavy atom. The predicted octanol–water partition coefficient (Wildman–Crippen LogP) is 2.67. The molecule has 1 aromatic carbocycles. The normalized spacial score (nSPS) is 15.5. The highest BCUT2D eigenvalue weighted by atomic mass is 35.5. The van der Waals surface area contributed by atoms with E-state index in [9.17, 15) is 9.59 Å². The van der Waals surface area contributed by atoms with Gasteiger partial charge in [-0.25, -0.2) is 0 Å². The van der Waals surface area contributed by atoms with E-state index in [1.165, 1.54) is 0 Å². The molecule has 0 aromatic heterocycles. The van der Waals surface area contributed by atoms with Gasteiger partial charge in [0.1, 0.15) is 0 Å². The zero-order valence-corrected chi connectivity index (χ0v) is 16.6. The molecule has 0 atom stereocenters. The topological polar surface area (TPSA) is 43.9 Å². The van der Waals surface area contributed by atoms with Crippen LogP contribution in [-0.2, 0) is 9.59 Å². The third-order valence-corrected chi connectivity index (χ3v) is 5.18. The smallest absolute Gasteiger partial charge is 0.246 e. The molecule has 1 saturated heterocycles. The van der Waals surface area contributed by atoms with Crippen LogP contribution in [0.5, 0.6) is 0 Å². The van der Waals surface area contributed by atoms with E-state index in [0.29, 0.717) is 24.7 Å². The molecule has 5 nitrogen and oxygen atoms in total. The van der Waals surface area contributed by atoms with Crippen molar-refractivity contribution in [3.8, 4) is 0 Å². The minimum absolute atomic E-state index is 0.00332. The number of aryl methyl sites for hydroxylation is 1. The number of amides is 2. The van der Waals surface area contributed by atoms with Crippen molar-refractivity contribution in [1.29, 1.82) is 0 Å². The molecule has 2 amide bonds. The number of nitrogens with zero attached hydrogens (tertiary/aromatic N) is 3. The Bertz CT molecular complexity index is 663. The Morgan fingerprint density at radius 2 is 1.81 bits per heavy atom. The van der Waals surface area contributed by atoms with Crippen LogP contribution >= 0.6 is 11.6 Å². The first-order valence-corrected chi connectivity index (χ1v) is 9.55. The molecular weight excluding hydrogens is 350 g/mol. The monoisotopic (exact) mass is 377 g/mol. The molecule has 0 saturated carbocycles. The summed E-state index contributed by atoms with van der Waals surface area (Å²) < 4.78 is 0. The molecule has 2 rings (SSSR count). The predicted molar refractivity (Wildman–Crippen MR) is 106 cm³/mol. The van der Waals surface area contributed by atoms with Gasteiger partial charge in [0.05, 0.1) is 6.54 Å². The number of rotatable bonds is 6. The molecule has 6 heteroatoms. The van der Waals surface area contributed by atoms with Crippen molar-refractivity contribution in [1.82, 2.24) is 14.7 Å². The fraction of sp³-hybridized carbons (Fsp3) is 0.500. The highest BCUT2D eigenvalue weighted by Crippen LogP contribution is 2.17. The van der Waals surface area contributed by atoms with E-state index in [4.69, 9.17) is 11.6 Å². The highest BCUT2D eigenvalue weighted by molar-refractivity contribution is 6.31. The lowest BCUT2D eigenvalue weighted by atomic mass is 10.1. The van der Waals surface area contributed by atoms with Crippen LogP contribution in [-0.4, -0.2) is 72.3 Å². The fourth-order valence-corrected chi connectivity index (χ4v) is 3.17. The molecule has 0 spiro atoms. The van der Waals surface area contributed by atoms with Crippen molar-refractivity contribution in [2.75, 3.05) is 45.8 Å². The largest absolute Gasteiger partial charge is 0.342 e. The molecule has 1 aliphatic rings. The first kappa shape index (κ1) is 20.5. The van der Waals surface area contributed by atoms with Crippen LogP contribution in [0.1, 0.15) is 25.0 Å². The molecule has 1 aliphatic heterocycles. The fourth-order valence-electron chi connectivity index (χ4n) is 2.98. The van der Waals surface area contributed by atoms with E-state index in [2.05, 4.69) is 4.90 Å². The lowest BCUT2D eigenvalue weighted by Crippen LogP contribution is -2.51. The third kappa shape index (κ3) is 5.58. The summed E-state index contributed by atoms with van der Waals surface area (Å²) in [4.78, 5) is 30.3. The minimum Gasteiger partial charge on any atom is -0.342 e. The third-order valence-electron chi connectivity index (χ3n) is 4.77. The van der Waals surface area contributed by atoms with E-state index in [-0.39, 0.29) is 11.8 Å². The van der Waals surface area contributed by atoms with Crippen molar-refractivity contribution in [2.45, 2.75) is 20.8 Å². The standard InChI is InChI=1S/C20H28ClN3O2/c1-4-23(5-2)20(26)15-22-10-12-24(13-11-22)19(25)9-8-17-7-6-16(3)18(21)14-17/h6-9,14H,4-5,10-13,15H2,1-3H3/b9-8+. The zero-order chi connectivity index (χ0) is 19.1. The van der Waals surface area contributed by atoms with Crippen molar-refractivity contribution in [3.05, 3.63) is 40.4 Å². The van der Waals surface area contributed by atoms with Crippen molar-refractivity contribution in [3.63, 3.8) is 0 Å². The Balaban J connectivity index is 1.83. The van der Waals surface area contributed by atoms with Gasteiger partial charge in [-0.3, -0.25) is 14.5 Å². The molecule has 142 valence electrons. The van der Waals surface area contributed by atoms with Gasteiger partial charge in [-0.05, 0) is 44.0 Å². The average molecular weight is 378 g/mol. The molecule has 0 unspecified atom stereocenters. The number of piperazine rings is 1. The second-order valence-electron chi connectivity index (χ2n) is 6.51. The van der Waals surface area contributed by atoms with Crippen LogP contribution in [0, 0.1) is 6.92 Å². The average Bonchev–Trinajstić information content (AvgIpc) is 2.64. The van der Waals surface area contributed by atoms with Gasteiger partial charge in [0.2, 0.25) is 11.8 Å². The van der Waals surface area contributed by atoms with E-state index in [0.717, 1.165) is 37.3 Å². The molecule has 0 bridgehead atoms. The summed E-state index contributed by atoms with van der Waals surface area (Å²) in [5, 5.41) is 0.700. The van der Waals surface area contributed by atoms with Gasteiger partial charge in [0.15, 0.2) is 0 Å². The zero-order valence-electron chi connectivity index (χ0n) is 15.9. The Hall–Kier alpha value is -1.85. The van der Waals surface area contributed by atoms with E-state index < -0.39 is 0 Å². The number of hydrogen-bond acceptors (Lipinski definition) is 3. The highest BCUT2D eigenvalue weighted by Gasteiger charge is 2.22. The Kier molecular flexibility index (Phi) is 7.66. The molecule has 26 heavy (non-hydrogen) atoms. The van der Waals surface area contributed by atoms with Gasteiger partial charge in [-0.2, -0.15) is 0 Å². The van der Waals surface area contributed by atoms with Gasteiger partial charge < -0.3 is 9.80 Å². The second-order valence-corrected chi connectivity index (χ2v) is 6.92. The van der Waals surface area contributed by atoms with Gasteiger partial charge in [0, 0.05) is 50.4 Å². The number of carbonyl (C=O) groups is 2. The van der Waals surface area contributed by atoms with Crippen molar-refractivity contribution in [2.24, 2.45) is 0 Å². The number of hydrogen-bond donors (Lipinski definition) is 0. The Labute approximate surface area is 161 Å². The SMILES string of the molecule is CCN(CC)C(=O)CN1CCN(C(=O)/C=C/c2ccc(C)c(Cl)c2)CC1. The van der Waals surface area contributed by atoms with Gasteiger partial charge in [0.25, 0.3) is 0 Å². The maximum Gasteiger partial charge on any atom is 0.246 e. The first-order chi connectivity index (χ1) is 12.4. The minimum atomic E-state index is -0.00332. The maximum absolute atomic E-state index is 12.4. The lowest BCUT2D eigenvalue weighted by Gasteiger charge is -2.34. The summed E-state index contributed by atoms with van der Waals surface area (Å²) >= 11 is 6.11. The molecule has 1 aromatic rings. The van der Waals surface area contributed by atoms with E-state index >= 15 is 0 Å². The summed E-state index contributed by atoms with van der Waals surface area (Å²) in [5.41, 5.74) is 1.93. The number of benzene rings is 1. The molecule has 0 N–H and O–H groups in total. The number of carbonyl (C=O) groups excluding carboxylic acids is 2. The molecular formula is C20H28ClN3O2. The van der Waals surface area contributed by atoms with Crippen molar-refractivity contribution < 1.29 is 9.59 Å². The van der Waals surface area contributed by atoms with Crippen LogP contribution in [0.4, 0.5) is 0 Å². The van der Waals surface area contributed by atoms with Gasteiger partial charge in [-0.15, -0.1) is 0 Å². The number of likely N-dealkylation sites (N-methyl/N-ethyl adjacent to an activating group) is 1. The summed E-state index contributed by atoms with van der Waals surface area (Å²) in [6.45, 7) is 10.6. The Morgan fingerprint density at radius 1 is 1.15 bits per heavy atom. The molecule has 0 aliphatic carbocycles. The molecule has 1 fully saturated rings. The quantitative estimate of drug-likeness (QED) is 0.716.